The molecule has 2 unspecified atom stereocenters. The molecule has 1 aromatic carbocycles. The van der Waals surface area contributed by atoms with Crippen LogP contribution in [-0.4, -0.2) is 38.1 Å². The van der Waals surface area contributed by atoms with E-state index in [1.807, 2.05) is 13.0 Å². The van der Waals surface area contributed by atoms with Crippen LogP contribution in [0.2, 0.25) is 0 Å². The molecule has 0 saturated heterocycles. The number of aliphatic hydroxyl groups is 1. The first kappa shape index (κ1) is 16.9. The highest BCUT2D eigenvalue weighted by Crippen LogP contribution is 2.22. The molecule has 0 aliphatic carbocycles. The Kier molecular flexibility index (Phi) is 6.39. The molecule has 0 aromatic heterocycles. The Morgan fingerprint density at radius 1 is 1.40 bits per heavy atom. The van der Waals surface area contributed by atoms with Crippen LogP contribution in [0.15, 0.2) is 18.2 Å². The molecule has 0 aliphatic heterocycles. The zero-order valence-corrected chi connectivity index (χ0v) is 12.6. The lowest BCUT2D eigenvalue weighted by Gasteiger charge is -2.26. The summed E-state index contributed by atoms with van der Waals surface area (Å²) in [6, 6.07) is 4.79. The monoisotopic (exact) mass is 285 g/mol. The predicted octanol–water partition coefficient (Wildman–Crippen LogP) is 2.27. The van der Waals surface area contributed by atoms with E-state index in [9.17, 15) is 9.50 Å². The van der Waals surface area contributed by atoms with Crippen molar-refractivity contribution in [3.8, 4) is 5.75 Å². The van der Waals surface area contributed by atoms with E-state index in [0.29, 0.717) is 19.6 Å². The lowest BCUT2D eigenvalue weighted by Crippen LogP contribution is -2.39. The molecular formula is C15H24FNO3. The summed E-state index contributed by atoms with van der Waals surface area (Å²) in [7, 11) is 3.04. The molecule has 1 aromatic rings. The third-order valence-electron chi connectivity index (χ3n) is 3.31. The fourth-order valence-electron chi connectivity index (χ4n) is 1.85. The molecule has 0 radical (unpaired) electrons. The fourth-order valence-corrected chi connectivity index (χ4v) is 1.85. The summed E-state index contributed by atoms with van der Waals surface area (Å²) >= 11 is 0. The molecule has 0 amide bonds. The summed E-state index contributed by atoms with van der Waals surface area (Å²) in [4.78, 5) is 0. The van der Waals surface area contributed by atoms with Gasteiger partial charge in [0.25, 0.3) is 0 Å². The van der Waals surface area contributed by atoms with E-state index in [4.69, 9.17) is 9.47 Å². The van der Waals surface area contributed by atoms with E-state index in [0.717, 1.165) is 5.56 Å². The standard InChI is InChI=1S/C15H24FNO3/c1-11(17-10-15(2,18)7-8-19-3)12-5-6-14(20-4)13(16)9-12/h5-6,9,11,17-18H,7-8,10H2,1-4H3. The van der Waals surface area contributed by atoms with Crippen LogP contribution >= 0.6 is 0 Å². The maximum absolute atomic E-state index is 13.6. The molecule has 2 atom stereocenters. The van der Waals surface area contributed by atoms with Gasteiger partial charge in [-0.25, -0.2) is 4.39 Å². The molecule has 4 nitrogen and oxygen atoms in total. The molecule has 0 aliphatic rings. The molecule has 20 heavy (non-hydrogen) atoms. The van der Waals surface area contributed by atoms with E-state index in [2.05, 4.69) is 5.32 Å². The largest absolute Gasteiger partial charge is 0.494 e. The smallest absolute Gasteiger partial charge is 0.165 e. The Bertz CT molecular complexity index is 424. The minimum atomic E-state index is -0.852. The van der Waals surface area contributed by atoms with Gasteiger partial charge < -0.3 is 19.9 Å². The average Bonchev–Trinajstić information content (AvgIpc) is 2.42. The fraction of sp³-hybridized carbons (Fsp3) is 0.600. The van der Waals surface area contributed by atoms with Crippen LogP contribution in [-0.2, 0) is 4.74 Å². The highest BCUT2D eigenvalue weighted by Gasteiger charge is 2.21. The first-order valence-corrected chi connectivity index (χ1v) is 6.68. The topological polar surface area (TPSA) is 50.7 Å². The van der Waals surface area contributed by atoms with Crippen LogP contribution in [0.1, 0.15) is 31.9 Å². The number of halogens is 1. The number of methoxy groups -OCH3 is 2. The van der Waals surface area contributed by atoms with Crippen molar-refractivity contribution in [2.75, 3.05) is 27.4 Å². The maximum atomic E-state index is 13.6. The van der Waals surface area contributed by atoms with E-state index in [1.165, 1.54) is 13.2 Å². The lowest BCUT2D eigenvalue weighted by molar-refractivity contribution is 0.0231. The molecule has 0 saturated carbocycles. The maximum Gasteiger partial charge on any atom is 0.165 e. The highest BCUT2D eigenvalue weighted by molar-refractivity contribution is 5.30. The van der Waals surface area contributed by atoms with Crippen LogP contribution < -0.4 is 10.1 Å². The first-order valence-electron chi connectivity index (χ1n) is 6.68. The summed E-state index contributed by atoms with van der Waals surface area (Å²) in [5.41, 5.74) is -0.0409. The van der Waals surface area contributed by atoms with Gasteiger partial charge in [0, 0.05) is 32.7 Å². The Morgan fingerprint density at radius 2 is 2.10 bits per heavy atom. The van der Waals surface area contributed by atoms with Crippen LogP contribution in [0.4, 0.5) is 4.39 Å². The van der Waals surface area contributed by atoms with Crippen molar-refractivity contribution in [2.24, 2.45) is 0 Å². The third kappa shape index (κ3) is 5.07. The second-order valence-corrected chi connectivity index (χ2v) is 5.24. The van der Waals surface area contributed by atoms with E-state index < -0.39 is 5.60 Å². The Balaban J connectivity index is 2.58. The molecule has 2 N–H and O–H groups in total. The van der Waals surface area contributed by atoms with Gasteiger partial charge in [-0.3, -0.25) is 0 Å². The number of hydrogen-bond acceptors (Lipinski definition) is 4. The molecular weight excluding hydrogens is 261 g/mol. The zero-order chi connectivity index (χ0) is 15.2. The number of ether oxygens (including phenoxy) is 2. The molecule has 114 valence electrons. The van der Waals surface area contributed by atoms with Gasteiger partial charge in [0.05, 0.1) is 12.7 Å². The van der Waals surface area contributed by atoms with Gasteiger partial charge in [-0.15, -0.1) is 0 Å². The quantitative estimate of drug-likeness (QED) is 0.769. The van der Waals surface area contributed by atoms with Crippen molar-refractivity contribution in [3.05, 3.63) is 29.6 Å². The Labute approximate surface area is 119 Å². The zero-order valence-electron chi connectivity index (χ0n) is 12.6. The molecule has 0 spiro atoms. The second kappa shape index (κ2) is 7.57. The van der Waals surface area contributed by atoms with Crippen molar-refractivity contribution >= 4 is 0 Å². The summed E-state index contributed by atoms with van der Waals surface area (Å²) in [6.07, 6.45) is 0.542. The summed E-state index contributed by atoms with van der Waals surface area (Å²) in [5, 5.41) is 13.3. The Morgan fingerprint density at radius 3 is 2.65 bits per heavy atom. The van der Waals surface area contributed by atoms with E-state index in [1.54, 1.807) is 20.1 Å². The van der Waals surface area contributed by atoms with Crippen molar-refractivity contribution in [1.82, 2.24) is 5.32 Å². The third-order valence-corrected chi connectivity index (χ3v) is 3.31. The number of hydrogen-bond donors (Lipinski definition) is 2. The summed E-state index contributed by atoms with van der Waals surface area (Å²) < 4.78 is 23.5. The SMILES string of the molecule is COCCC(C)(O)CNC(C)c1ccc(OC)c(F)c1. The van der Waals surface area contributed by atoms with Gasteiger partial charge in [0.2, 0.25) is 0 Å². The lowest BCUT2D eigenvalue weighted by atomic mass is 10.0. The van der Waals surface area contributed by atoms with Gasteiger partial charge >= 0.3 is 0 Å². The van der Waals surface area contributed by atoms with Crippen LogP contribution in [0, 0.1) is 5.82 Å². The average molecular weight is 285 g/mol. The molecule has 0 fully saturated rings. The van der Waals surface area contributed by atoms with Crippen molar-refractivity contribution in [2.45, 2.75) is 31.9 Å². The van der Waals surface area contributed by atoms with Crippen LogP contribution in [0.25, 0.3) is 0 Å². The number of rotatable bonds is 8. The van der Waals surface area contributed by atoms with Gasteiger partial charge in [0.15, 0.2) is 11.6 Å². The number of benzene rings is 1. The van der Waals surface area contributed by atoms with Crippen molar-refractivity contribution in [3.63, 3.8) is 0 Å². The highest BCUT2D eigenvalue weighted by atomic mass is 19.1. The molecule has 1 rings (SSSR count). The van der Waals surface area contributed by atoms with Crippen LogP contribution in [0.5, 0.6) is 5.75 Å². The minimum absolute atomic E-state index is 0.0653. The summed E-state index contributed by atoms with van der Waals surface area (Å²) in [5.74, 6) is -0.155. The van der Waals surface area contributed by atoms with E-state index in [-0.39, 0.29) is 17.6 Å². The van der Waals surface area contributed by atoms with Gasteiger partial charge in [-0.2, -0.15) is 0 Å². The minimum Gasteiger partial charge on any atom is -0.494 e. The second-order valence-electron chi connectivity index (χ2n) is 5.24. The molecule has 0 heterocycles. The number of nitrogens with one attached hydrogen (secondary N) is 1. The first-order chi connectivity index (χ1) is 9.39. The van der Waals surface area contributed by atoms with E-state index >= 15 is 0 Å². The summed E-state index contributed by atoms with van der Waals surface area (Å²) in [6.45, 7) is 4.58. The predicted molar refractivity (Wildman–Crippen MR) is 76.5 cm³/mol. The van der Waals surface area contributed by atoms with Gasteiger partial charge in [0.1, 0.15) is 0 Å². The molecule has 5 heteroatoms. The van der Waals surface area contributed by atoms with Crippen molar-refractivity contribution < 1.29 is 19.0 Å². The Hall–Kier alpha value is -1.17. The normalized spacial score (nSPS) is 15.7. The van der Waals surface area contributed by atoms with Crippen LogP contribution in [0.3, 0.4) is 0 Å². The molecule has 0 bridgehead atoms. The van der Waals surface area contributed by atoms with Gasteiger partial charge in [-0.1, -0.05) is 6.07 Å². The van der Waals surface area contributed by atoms with Crippen molar-refractivity contribution in [1.29, 1.82) is 0 Å². The van der Waals surface area contributed by atoms with Gasteiger partial charge in [-0.05, 0) is 31.5 Å².